The van der Waals surface area contributed by atoms with Crippen LogP contribution in [0.2, 0.25) is 0 Å². The predicted octanol–water partition coefficient (Wildman–Crippen LogP) is 1.70. The Morgan fingerprint density at radius 2 is 2.04 bits per heavy atom. The van der Waals surface area contributed by atoms with Gasteiger partial charge in [0.1, 0.15) is 0 Å². The van der Waals surface area contributed by atoms with Gasteiger partial charge in [-0.05, 0) is 32.2 Å². The van der Waals surface area contributed by atoms with Gasteiger partial charge in [0.25, 0.3) is 0 Å². The van der Waals surface area contributed by atoms with E-state index < -0.39 is 0 Å². The summed E-state index contributed by atoms with van der Waals surface area (Å²) in [5, 5.41) is 6.74. The van der Waals surface area contributed by atoms with E-state index >= 15 is 0 Å². The van der Waals surface area contributed by atoms with E-state index in [1.807, 2.05) is 7.05 Å². The largest absolute Gasteiger partial charge is 0.381 e. The second kappa shape index (κ2) is 13.1. The fourth-order valence-corrected chi connectivity index (χ4v) is 2.92. The fourth-order valence-electron chi connectivity index (χ4n) is 2.92. The van der Waals surface area contributed by atoms with E-state index in [2.05, 4.69) is 27.4 Å². The number of hydrogen-bond donors (Lipinski definition) is 2. The lowest BCUT2D eigenvalue weighted by Crippen LogP contribution is -2.42. The van der Waals surface area contributed by atoms with E-state index in [0.717, 1.165) is 77.4 Å². The van der Waals surface area contributed by atoms with Gasteiger partial charge >= 0.3 is 0 Å². The number of guanidine groups is 1. The smallest absolute Gasteiger partial charge is 0.191 e. The minimum atomic E-state index is 0. The molecule has 0 aromatic heterocycles. The number of aliphatic imine (C=N–C) groups is 1. The summed E-state index contributed by atoms with van der Waals surface area (Å²) in [6.07, 6.45) is 4.88. The molecule has 1 aliphatic carbocycles. The van der Waals surface area contributed by atoms with Crippen LogP contribution in [0, 0.1) is 5.92 Å². The number of ether oxygens (including phenoxy) is 2. The highest BCUT2D eigenvalue weighted by molar-refractivity contribution is 14.0. The summed E-state index contributed by atoms with van der Waals surface area (Å²) < 4.78 is 11.0. The zero-order valence-corrected chi connectivity index (χ0v) is 17.6. The molecule has 24 heavy (non-hydrogen) atoms. The molecule has 0 spiro atoms. The highest BCUT2D eigenvalue weighted by Gasteiger charge is 2.27. The van der Waals surface area contributed by atoms with E-state index in [1.165, 1.54) is 12.8 Å². The van der Waals surface area contributed by atoms with Crippen LogP contribution in [0.25, 0.3) is 0 Å². The number of rotatable bonds is 11. The van der Waals surface area contributed by atoms with Crippen LogP contribution in [0.3, 0.4) is 0 Å². The Bertz CT molecular complexity index is 347. The summed E-state index contributed by atoms with van der Waals surface area (Å²) in [5.41, 5.74) is 0. The van der Waals surface area contributed by atoms with E-state index in [0.29, 0.717) is 5.92 Å². The molecule has 142 valence electrons. The van der Waals surface area contributed by atoms with Gasteiger partial charge < -0.3 is 20.1 Å². The SMILES string of the molecule is CCN(CCNC(=NC)NCCCOCC1CCOC1)C1CC1.I. The number of halogens is 1. The zero-order chi connectivity index (χ0) is 16.3. The summed E-state index contributed by atoms with van der Waals surface area (Å²) >= 11 is 0. The van der Waals surface area contributed by atoms with Crippen molar-refractivity contribution in [1.82, 2.24) is 15.5 Å². The zero-order valence-electron chi connectivity index (χ0n) is 15.3. The van der Waals surface area contributed by atoms with Crippen molar-refractivity contribution in [3.05, 3.63) is 0 Å². The van der Waals surface area contributed by atoms with Gasteiger partial charge in [0.2, 0.25) is 0 Å². The van der Waals surface area contributed by atoms with Crippen molar-refractivity contribution >= 4 is 29.9 Å². The standard InChI is InChI=1S/C17H34N4O2.HI/c1-3-21(16-5-6-16)10-9-20-17(18-2)19-8-4-11-22-13-15-7-12-23-14-15;/h15-16H,3-14H2,1-2H3,(H2,18,19,20);1H. The molecule has 1 aliphatic heterocycles. The lowest BCUT2D eigenvalue weighted by molar-refractivity contribution is 0.0888. The van der Waals surface area contributed by atoms with Crippen LogP contribution in [0.4, 0.5) is 0 Å². The molecular formula is C17H35IN4O2. The number of likely N-dealkylation sites (N-methyl/N-ethyl adjacent to an activating group) is 1. The first-order valence-electron chi connectivity index (χ1n) is 9.17. The molecule has 1 heterocycles. The molecule has 2 N–H and O–H groups in total. The average molecular weight is 454 g/mol. The molecule has 0 bridgehead atoms. The summed E-state index contributed by atoms with van der Waals surface area (Å²) in [7, 11) is 1.82. The lowest BCUT2D eigenvalue weighted by Gasteiger charge is -2.20. The Kier molecular flexibility index (Phi) is 12.0. The lowest BCUT2D eigenvalue weighted by atomic mass is 10.1. The van der Waals surface area contributed by atoms with E-state index in [4.69, 9.17) is 9.47 Å². The maximum absolute atomic E-state index is 5.71. The minimum absolute atomic E-state index is 0. The van der Waals surface area contributed by atoms with Gasteiger partial charge in [-0.15, -0.1) is 24.0 Å². The fraction of sp³-hybridized carbons (Fsp3) is 0.941. The van der Waals surface area contributed by atoms with E-state index in [-0.39, 0.29) is 24.0 Å². The van der Waals surface area contributed by atoms with Crippen LogP contribution in [-0.2, 0) is 9.47 Å². The molecule has 7 heteroatoms. The molecule has 0 aromatic rings. The Hall–Kier alpha value is -0.120. The second-order valence-corrected chi connectivity index (χ2v) is 6.44. The van der Waals surface area contributed by atoms with Gasteiger partial charge in [-0.2, -0.15) is 0 Å². The number of nitrogens with one attached hydrogen (secondary N) is 2. The summed E-state index contributed by atoms with van der Waals surface area (Å²) in [5.74, 6) is 1.49. The first kappa shape index (κ1) is 21.9. The van der Waals surface area contributed by atoms with Crippen LogP contribution in [0.1, 0.15) is 32.6 Å². The topological polar surface area (TPSA) is 58.1 Å². The van der Waals surface area contributed by atoms with Crippen molar-refractivity contribution in [1.29, 1.82) is 0 Å². The highest BCUT2D eigenvalue weighted by atomic mass is 127. The van der Waals surface area contributed by atoms with Gasteiger partial charge in [-0.1, -0.05) is 6.92 Å². The third-order valence-corrected chi connectivity index (χ3v) is 4.52. The Morgan fingerprint density at radius 1 is 1.25 bits per heavy atom. The Labute approximate surface area is 164 Å². The molecule has 1 unspecified atom stereocenters. The molecule has 0 amide bonds. The number of hydrogen-bond acceptors (Lipinski definition) is 4. The predicted molar refractivity (Wildman–Crippen MR) is 109 cm³/mol. The van der Waals surface area contributed by atoms with Gasteiger partial charge in [0, 0.05) is 51.9 Å². The van der Waals surface area contributed by atoms with Crippen molar-refractivity contribution in [3.8, 4) is 0 Å². The van der Waals surface area contributed by atoms with Gasteiger partial charge in [0.05, 0.1) is 13.2 Å². The van der Waals surface area contributed by atoms with Crippen LogP contribution < -0.4 is 10.6 Å². The maximum Gasteiger partial charge on any atom is 0.191 e. The van der Waals surface area contributed by atoms with Crippen molar-refractivity contribution < 1.29 is 9.47 Å². The van der Waals surface area contributed by atoms with E-state index in [1.54, 1.807) is 0 Å². The van der Waals surface area contributed by atoms with Crippen LogP contribution in [0.15, 0.2) is 4.99 Å². The third-order valence-electron chi connectivity index (χ3n) is 4.52. The first-order chi connectivity index (χ1) is 11.3. The third kappa shape index (κ3) is 8.82. The molecule has 2 fully saturated rings. The molecule has 1 atom stereocenters. The summed E-state index contributed by atoms with van der Waals surface area (Å²) in [4.78, 5) is 6.81. The molecule has 2 aliphatic rings. The molecule has 1 saturated carbocycles. The molecule has 0 aromatic carbocycles. The summed E-state index contributed by atoms with van der Waals surface area (Å²) in [6, 6.07) is 0.833. The van der Waals surface area contributed by atoms with Gasteiger partial charge in [0.15, 0.2) is 5.96 Å². The Balaban J connectivity index is 0.00000288. The van der Waals surface area contributed by atoms with Crippen LogP contribution in [-0.4, -0.2) is 76.6 Å². The first-order valence-corrected chi connectivity index (χ1v) is 9.17. The van der Waals surface area contributed by atoms with Gasteiger partial charge in [-0.25, -0.2) is 0 Å². The molecule has 0 radical (unpaired) electrons. The van der Waals surface area contributed by atoms with Crippen molar-refractivity contribution in [2.75, 3.05) is 59.7 Å². The number of nitrogens with zero attached hydrogens (tertiary/aromatic N) is 2. The van der Waals surface area contributed by atoms with Crippen LogP contribution in [0.5, 0.6) is 0 Å². The van der Waals surface area contributed by atoms with E-state index in [9.17, 15) is 0 Å². The molecular weight excluding hydrogens is 419 g/mol. The average Bonchev–Trinajstić information content (AvgIpc) is 3.28. The molecule has 6 nitrogen and oxygen atoms in total. The minimum Gasteiger partial charge on any atom is -0.381 e. The van der Waals surface area contributed by atoms with Crippen molar-refractivity contribution in [3.63, 3.8) is 0 Å². The van der Waals surface area contributed by atoms with Gasteiger partial charge in [-0.3, -0.25) is 9.89 Å². The maximum atomic E-state index is 5.71. The van der Waals surface area contributed by atoms with Crippen molar-refractivity contribution in [2.24, 2.45) is 10.9 Å². The molecule has 1 saturated heterocycles. The second-order valence-electron chi connectivity index (χ2n) is 6.44. The molecule has 2 rings (SSSR count). The Morgan fingerprint density at radius 3 is 2.67 bits per heavy atom. The highest BCUT2D eigenvalue weighted by Crippen LogP contribution is 2.25. The monoisotopic (exact) mass is 454 g/mol. The normalized spacial score (nSPS) is 21.0. The summed E-state index contributed by atoms with van der Waals surface area (Å²) in [6.45, 7) is 9.70. The van der Waals surface area contributed by atoms with Crippen LogP contribution >= 0.6 is 24.0 Å². The quantitative estimate of drug-likeness (QED) is 0.216. The van der Waals surface area contributed by atoms with Crippen molar-refractivity contribution in [2.45, 2.75) is 38.6 Å².